The predicted molar refractivity (Wildman–Crippen MR) is 96.3 cm³/mol. The number of anilines is 1. The molecule has 25 heavy (non-hydrogen) atoms. The van der Waals surface area contributed by atoms with Crippen LogP contribution in [0.2, 0.25) is 0 Å². The van der Waals surface area contributed by atoms with E-state index in [0.717, 1.165) is 35.9 Å². The van der Waals surface area contributed by atoms with E-state index in [1.807, 2.05) is 35.2 Å². The number of rotatable bonds is 3. The van der Waals surface area contributed by atoms with E-state index in [0.29, 0.717) is 11.3 Å². The minimum atomic E-state index is -0.0770. The number of pyridine rings is 1. The summed E-state index contributed by atoms with van der Waals surface area (Å²) in [6.45, 7) is 0. The summed E-state index contributed by atoms with van der Waals surface area (Å²) >= 11 is 0. The molecule has 1 fully saturated rings. The molecule has 0 spiro atoms. The molecular weight excluding hydrogens is 312 g/mol. The third kappa shape index (κ3) is 2.56. The van der Waals surface area contributed by atoms with Gasteiger partial charge in [0.05, 0.1) is 16.8 Å². The minimum absolute atomic E-state index is 0.0770. The van der Waals surface area contributed by atoms with Gasteiger partial charge in [-0.3, -0.25) is 9.78 Å². The van der Waals surface area contributed by atoms with E-state index in [9.17, 15) is 4.79 Å². The fourth-order valence-corrected chi connectivity index (χ4v) is 3.36. The number of nitrogens with zero attached hydrogens (tertiary/aromatic N) is 4. The predicted octanol–water partition coefficient (Wildman–Crippen LogP) is 3.64. The van der Waals surface area contributed by atoms with Gasteiger partial charge < -0.3 is 9.47 Å². The molecule has 0 atom stereocenters. The smallest absolute Gasteiger partial charge is 0.275 e. The van der Waals surface area contributed by atoms with Gasteiger partial charge in [0, 0.05) is 30.9 Å². The molecule has 0 N–H and O–H groups in total. The van der Waals surface area contributed by atoms with Crippen molar-refractivity contribution in [3.8, 4) is 6.07 Å². The van der Waals surface area contributed by atoms with E-state index in [-0.39, 0.29) is 11.9 Å². The van der Waals surface area contributed by atoms with Gasteiger partial charge in [0.1, 0.15) is 11.8 Å². The molecule has 1 amide bonds. The van der Waals surface area contributed by atoms with Crippen molar-refractivity contribution in [3.05, 3.63) is 60.0 Å². The molecule has 0 bridgehead atoms. The maximum atomic E-state index is 13.3. The zero-order valence-electron chi connectivity index (χ0n) is 14.0. The van der Waals surface area contributed by atoms with Crippen LogP contribution >= 0.6 is 0 Å². The lowest BCUT2D eigenvalue weighted by atomic mass is 9.90. The fourth-order valence-electron chi connectivity index (χ4n) is 3.36. The standard InChI is InChI=1S/C20H18N4O/c1-23-13-14(12-21)11-18(23)20(25)24(16-7-3-8-16)17-9-2-5-15-6-4-10-22-19(15)17/h2,4-6,9-11,13,16H,3,7-8H2,1H3. The molecule has 0 unspecified atom stereocenters. The van der Waals surface area contributed by atoms with Crippen molar-refractivity contribution in [2.45, 2.75) is 25.3 Å². The Bertz CT molecular complexity index is 989. The topological polar surface area (TPSA) is 61.9 Å². The van der Waals surface area contributed by atoms with Gasteiger partial charge in [-0.2, -0.15) is 5.26 Å². The van der Waals surface area contributed by atoms with E-state index < -0.39 is 0 Å². The van der Waals surface area contributed by atoms with Gasteiger partial charge in [0.2, 0.25) is 0 Å². The molecular formula is C20H18N4O. The first-order valence-corrected chi connectivity index (χ1v) is 8.43. The van der Waals surface area contributed by atoms with Crippen molar-refractivity contribution < 1.29 is 4.79 Å². The monoisotopic (exact) mass is 330 g/mol. The van der Waals surface area contributed by atoms with E-state index in [1.54, 1.807) is 30.1 Å². The summed E-state index contributed by atoms with van der Waals surface area (Å²) in [4.78, 5) is 19.7. The van der Waals surface area contributed by atoms with Crippen molar-refractivity contribution in [1.82, 2.24) is 9.55 Å². The summed E-state index contributed by atoms with van der Waals surface area (Å²) in [5.74, 6) is -0.0770. The normalized spacial score (nSPS) is 14.1. The SMILES string of the molecule is Cn1cc(C#N)cc1C(=O)N(c1cccc2cccnc12)C1CCC1. The number of nitriles is 1. The fraction of sp³-hybridized carbons (Fsp3) is 0.250. The van der Waals surface area contributed by atoms with Crippen LogP contribution in [-0.2, 0) is 7.05 Å². The Morgan fingerprint density at radius 3 is 2.80 bits per heavy atom. The summed E-state index contributed by atoms with van der Waals surface area (Å²) in [6.07, 6.45) is 6.55. The van der Waals surface area contributed by atoms with Crippen LogP contribution in [0.4, 0.5) is 5.69 Å². The molecule has 1 aliphatic rings. The molecule has 124 valence electrons. The first kappa shape index (κ1) is 15.4. The molecule has 4 rings (SSSR count). The number of carbonyl (C=O) groups excluding carboxylic acids is 1. The average Bonchev–Trinajstić information content (AvgIpc) is 2.98. The molecule has 0 aliphatic heterocycles. The lowest BCUT2D eigenvalue weighted by Gasteiger charge is -2.38. The Morgan fingerprint density at radius 2 is 2.12 bits per heavy atom. The van der Waals surface area contributed by atoms with Crippen LogP contribution in [0.15, 0.2) is 48.8 Å². The molecule has 2 aromatic heterocycles. The number of hydrogen-bond donors (Lipinski definition) is 0. The van der Waals surface area contributed by atoms with Gasteiger partial charge >= 0.3 is 0 Å². The Balaban J connectivity index is 1.84. The number of benzene rings is 1. The largest absolute Gasteiger partial charge is 0.345 e. The zero-order valence-corrected chi connectivity index (χ0v) is 14.0. The molecule has 5 heteroatoms. The second-order valence-corrected chi connectivity index (χ2v) is 6.45. The van der Waals surface area contributed by atoms with Crippen molar-refractivity contribution in [2.75, 3.05) is 4.90 Å². The number of hydrogen-bond acceptors (Lipinski definition) is 3. The third-order valence-corrected chi connectivity index (χ3v) is 4.88. The number of para-hydroxylation sites is 1. The molecule has 1 saturated carbocycles. The Labute approximate surface area is 146 Å². The van der Waals surface area contributed by atoms with Crippen molar-refractivity contribution in [2.24, 2.45) is 7.05 Å². The van der Waals surface area contributed by atoms with E-state index in [2.05, 4.69) is 11.1 Å². The maximum Gasteiger partial charge on any atom is 0.275 e. The summed E-state index contributed by atoms with van der Waals surface area (Å²) in [7, 11) is 1.80. The van der Waals surface area contributed by atoms with E-state index in [4.69, 9.17) is 5.26 Å². The van der Waals surface area contributed by atoms with Gasteiger partial charge in [-0.25, -0.2) is 0 Å². The molecule has 2 heterocycles. The van der Waals surface area contributed by atoms with E-state index >= 15 is 0 Å². The van der Waals surface area contributed by atoms with E-state index in [1.165, 1.54) is 0 Å². The van der Waals surface area contributed by atoms with Crippen LogP contribution in [0.5, 0.6) is 0 Å². The highest BCUT2D eigenvalue weighted by molar-refractivity contribution is 6.10. The summed E-state index contributed by atoms with van der Waals surface area (Å²) in [5.41, 5.74) is 2.69. The number of aromatic nitrogens is 2. The van der Waals surface area contributed by atoms with Crippen LogP contribution in [0, 0.1) is 11.3 Å². The lowest BCUT2D eigenvalue weighted by Crippen LogP contribution is -2.45. The third-order valence-electron chi connectivity index (χ3n) is 4.88. The van der Waals surface area contributed by atoms with Gasteiger partial charge in [-0.1, -0.05) is 18.2 Å². The van der Waals surface area contributed by atoms with Gasteiger partial charge in [-0.15, -0.1) is 0 Å². The quantitative estimate of drug-likeness (QED) is 0.736. The van der Waals surface area contributed by atoms with Crippen LogP contribution in [0.25, 0.3) is 10.9 Å². The lowest BCUT2D eigenvalue weighted by molar-refractivity contribution is 0.0956. The second kappa shape index (κ2) is 6.06. The minimum Gasteiger partial charge on any atom is -0.345 e. The summed E-state index contributed by atoms with van der Waals surface area (Å²) in [6, 6.07) is 13.8. The first-order valence-electron chi connectivity index (χ1n) is 8.43. The number of carbonyl (C=O) groups is 1. The van der Waals surface area contributed by atoms with Crippen LogP contribution in [0.3, 0.4) is 0 Å². The Morgan fingerprint density at radius 1 is 1.32 bits per heavy atom. The Kier molecular flexibility index (Phi) is 3.73. The maximum absolute atomic E-state index is 13.3. The molecule has 1 aromatic carbocycles. The van der Waals surface area contributed by atoms with Crippen molar-refractivity contribution in [1.29, 1.82) is 5.26 Å². The van der Waals surface area contributed by atoms with Crippen LogP contribution < -0.4 is 4.90 Å². The highest BCUT2D eigenvalue weighted by atomic mass is 16.2. The van der Waals surface area contributed by atoms with Crippen molar-refractivity contribution in [3.63, 3.8) is 0 Å². The Hall–Kier alpha value is -3.13. The average molecular weight is 330 g/mol. The summed E-state index contributed by atoms with van der Waals surface area (Å²) in [5, 5.41) is 10.1. The van der Waals surface area contributed by atoms with Gasteiger partial charge in [0.25, 0.3) is 5.91 Å². The zero-order chi connectivity index (χ0) is 17.4. The highest BCUT2D eigenvalue weighted by Crippen LogP contribution is 2.34. The second-order valence-electron chi connectivity index (χ2n) is 6.45. The van der Waals surface area contributed by atoms with Crippen LogP contribution in [0.1, 0.15) is 35.3 Å². The number of fused-ring (bicyclic) bond motifs is 1. The molecule has 0 radical (unpaired) electrons. The molecule has 5 nitrogen and oxygen atoms in total. The number of amides is 1. The van der Waals surface area contributed by atoms with Crippen molar-refractivity contribution >= 4 is 22.5 Å². The highest BCUT2D eigenvalue weighted by Gasteiger charge is 2.33. The summed E-state index contributed by atoms with van der Waals surface area (Å²) < 4.78 is 1.73. The molecule has 3 aromatic rings. The van der Waals surface area contributed by atoms with Gasteiger partial charge in [-0.05, 0) is 37.5 Å². The van der Waals surface area contributed by atoms with Gasteiger partial charge in [0.15, 0.2) is 0 Å². The van der Waals surface area contributed by atoms with Crippen LogP contribution in [-0.4, -0.2) is 21.5 Å². The molecule has 0 saturated heterocycles. The number of aryl methyl sites for hydroxylation is 1. The first-order chi connectivity index (χ1) is 12.2. The molecule has 1 aliphatic carbocycles.